The van der Waals surface area contributed by atoms with Crippen LogP contribution in [0.4, 0.5) is 0 Å². The lowest BCUT2D eigenvalue weighted by Gasteiger charge is -2.23. The van der Waals surface area contributed by atoms with Crippen molar-refractivity contribution in [2.24, 2.45) is 0 Å². The van der Waals surface area contributed by atoms with Crippen molar-refractivity contribution in [3.63, 3.8) is 0 Å². The number of amides is 2. The zero-order valence-electron chi connectivity index (χ0n) is 12.5. The molecule has 1 fully saturated rings. The van der Waals surface area contributed by atoms with E-state index in [9.17, 15) is 9.59 Å². The molecular weight excluding hydrogens is 316 g/mol. The molecule has 2 aromatic rings. The number of rotatable bonds is 4. The van der Waals surface area contributed by atoms with Gasteiger partial charge in [-0.05, 0) is 43.2 Å². The van der Waals surface area contributed by atoms with E-state index in [0.29, 0.717) is 23.7 Å². The van der Waals surface area contributed by atoms with Crippen LogP contribution in [0.15, 0.2) is 36.5 Å². The van der Waals surface area contributed by atoms with Gasteiger partial charge in [0.25, 0.3) is 5.91 Å². The van der Waals surface area contributed by atoms with Crippen LogP contribution in [0.1, 0.15) is 29.8 Å². The molecule has 1 aliphatic rings. The number of aromatic nitrogens is 2. The number of halogens is 1. The van der Waals surface area contributed by atoms with E-state index in [-0.39, 0.29) is 17.9 Å². The van der Waals surface area contributed by atoms with Gasteiger partial charge in [-0.3, -0.25) is 9.59 Å². The second-order valence-corrected chi connectivity index (χ2v) is 5.93. The van der Waals surface area contributed by atoms with Crippen molar-refractivity contribution in [3.05, 3.63) is 47.2 Å². The van der Waals surface area contributed by atoms with Gasteiger partial charge in [0, 0.05) is 30.2 Å². The summed E-state index contributed by atoms with van der Waals surface area (Å²) < 4.78 is 1.62. The standard InChI is InChI=1S/C16H17ClN4O2/c17-11-4-6-13(7-5-11)21-9-8-14(20-21)16(23)18-10-12-2-1-3-15(22)19-12/h4-9,12H,1-3,10H2,(H,18,23)(H,19,22)/t12-/m1/s1. The molecule has 0 spiro atoms. The molecule has 0 radical (unpaired) electrons. The second-order valence-electron chi connectivity index (χ2n) is 5.49. The summed E-state index contributed by atoms with van der Waals surface area (Å²) in [5, 5.41) is 10.6. The summed E-state index contributed by atoms with van der Waals surface area (Å²) in [5.41, 5.74) is 1.16. The predicted molar refractivity (Wildman–Crippen MR) is 86.7 cm³/mol. The maximum atomic E-state index is 12.1. The predicted octanol–water partition coefficient (Wildman–Crippen LogP) is 1.92. The first kappa shape index (κ1) is 15.6. The van der Waals surface area contributed by atoms with Crippen molar-refractivity contribution in [1.29, 1.82) is 0 Å². The van der Waals surface area contributed by atoms with E-state index in [1.54, 1.807) is 29.1 Å². The van der Waals surface area contributed by atoms with E-state index in [2.05, 4.69) is 15.7 Å². The lowest BCUT2D eigenvalue weighted by atomic mass is 10.0. The quantitative estimate of drug-likeness (QED) is 0.898. The number of nitrogens with one attached hydrogen (secondary N) is 2. The Balaban J connectivity index is 1.60. The average molecular weight is 333 g/mol. The van der Waals surface area contributed by atoms with Gasteiger partial charge in [0.05, 0.1) is 5.69 Å². The second kappa shape index (κ2) is 6.83. The monoisotopic (exact) mass is 332 g/mol. The number of benzene rings is 1. The Hall–Kier alpha value is -2.34. The Morgan fingerprint density at radius 3 is 2.87 bits per heavy atom. The van der Waals surface area contributed by atoms with Crippen LogP contribution in [-0.4, -0.2) is 34.2 Å². The topological polar surface area (TPSA) is 76.0 Å². The van der Waals surface area contributed by atoms with Crippen molar-refractivity contribution < 1.29 is 9.59 Å². The van der Waals surface area contributed by atoms with Gasteiger partial charge in [-0.15, -0.1) is 0 Å². The number of piperidine rings is 1. The van der Waals surface area contributed by atoms with Crippen molar-refractivity contribution in [2.75, 3.05) is 6.54 Å². The normalized spacial score (nSPS) is 17.6. The van der Waals surface area contributed by atoms with E-state index in [1.807, 2.05) is 12.1 Å². The Morgan fingerprint density at radius 1 is 1.35 bits per heavy atom. The van der Waals surface area contributed by atoms with Gasteiger partial charge in [0.2, 0.25) is 5.91 Å². The van der Waals surface area contributed by atoms with Crippen LogP contribution in [0, 0.1) is 0 Å². The highest BCUT2D eigenvalue weighted by atomic mass is 35.5. The largest absolute Gasteiger partial charge is 0.352 e. The van der Waals surface area contributed by atoms with Crippen LogP contribution in [-0.2, 0) is 4.79 Å². The van der Waals surface area contributed by atoms with E-state index >= 15 is 0 Å². The van der Waals surface area contributed by atoms with Crippen LogP contribution in [0.25, 0.3) is 5.69 Å². The molecule has 7 heteroatoms. The Kier molecular flexibility index (Phi) is 4.62. The minimum atomic E-state index is -0.252. The maximum absolute atomic E-state index is 12.1. The fraction of sp³-hybridized carbons (Fsp3) is 0.312. The van der Waals surface area contributed by atoms with Crippen molar-refractivity contribution in [3.8, 4) is 5.69 Å². The number of hydrogen-bond donors (Lipinski definition) is 2. The van der Waals surface area contributed by atoms with Crippen LogP contribution >= 0.6 is 11.6 Å². The summed E-state index contributed by atoms with van der Waals surface area (Å²) in [4.78, 5) is 23.5. The van der Waals surface area contributed by atoms with Crippen LogP contribution in [0.2, 0.25) is 5.02 Å². The minimum absolute atomic E-state index is 0.00134. The molecule has 1 aromatic carbocycles. The van der Waals surface area contributed by atoms with Gasteiger partial charge < -0.3 is 10.6 Å². The molecule has 120 valence electrons. The third kappa shape index (κ3) is 3.90. The van der Waals surface area contributed by atoms with E-state index in [1.165, 1.54) is 0 Å². The van der Waals surface area contributed by atoms with Crippen LogP contribution in [0.3, 0.4) is 0 Å². The fourth-order valence-electron chi connectivity index (χ4n) is 2.52. The summed E-state index contributed by atoms with van der Waals surface area (Å²) in [7, 11) is 0. The molecule has 1 aliphatic heterocycles. The third-order valence-electron chi connectivity index (χ3n) is 3.74. The molecule has 23 heavy (non-hydrogen) atoms. The third-order valence-corrected chi connectivity index (χ3v) is 4.00. The highest BCUT2D eigenvalue weighted by Gasteiger charge is 2.19. The molecule has 0 aliphatic carbocycles. The average Bonchev–Trinajstić information content (AvgIpc) is 3.03. The van der Waals surface area contributed by atoms with Crippen LogP contribution in [0.5, 0.6) is 0 Å². The molecular formula is C16H17ClN4O2. The van der Waals surface area contributed by atoms with Gasteiger partial charge in [-0.1, -0.05) is 11.6 Å². The van der Waals surface area contributed by atoms with Crippen molar-refractivity contribution in [1.82, 2.24) is 20.4 Å². The SMILES string of the molecule is O=C1CCC[C@H](CNC(=O)c2ccn(-c3ccc(Cl)cc3)n2)N1. The molecule has 2 heterocycles. The first-order chi connectivity index (χ1) is 11.1. The van der Waals surface area contributed by atoms with Gasteiger partial charge in [-0.2, -0.15) is 5.10 Å². The number of hydrogen-bond acceptors (Lipinski definition) is 3. The summed E-state index contributed by atoms with van der Waals surface area (Å²) in [5.74, 6) is -0.208. The molecule has 1 saturated heterocycles. The fourth-order valence-corrected chi connectivity index (χ4v) is 2.65. The molecule has 6 nitrogen and oxygen atoms in total. The summed E-state index contributed by atoms with van der Waals surface area (Å²) >= 11 is 5.86. The molecule has 1 aromatic heterocycles. The van der Waals surface area contributed by atoms with Gasteiger partial charge >= 0.3 is 0 Å². The summed E-state index contributed by atoms with van der Waals surface area (Å²) in [6.45, 7) is 0.415. The first-order valence-corrected chi connectivity index (χ1v) is 7.89. The molecule has 3 rings (SSSR count). The van der Waals surface area contributed by atoms with E-state index in [0.717, 1.165) is 18.5 Å². The Bertz CT molecular complexity index is 711. The summed E-state index contributed by atoms with van der Waals surface area (Å²) in [6.07, 6.45) is 4.03. The summed E-state index contributed by atoms with van der Waals surface area (Å²) in [6, 6.07) is 8.85. The minimum Gasteiger partial charge on any atom is -0.352 e. The maximum Gasteiger partial charge on any atom is 0.271 e. The molecule has 0 bridgehead atoms. The molecule has 1 atom stereocenters. The lowest BCUT2D eigenvalue weighted by Crippen LogP contribution is -2.46. The van der Waals surface area contributed by atoms with E-state index in [4.69, 9.17) is 11.6 Å². The number of carbonyl (C=O) groups excluding carboxylic acids is 2. The molecule has 2 N–H and O–H groups in total. The Labute approximate surface area is 138 Å². The van der Waals surface area contributed by atoms with Gasteiger partial charge in [0.1, 0.15) is 0 Å². The first-order valence-electron chi connectivity index (χ1n) is 7.51. The highest BCUT2D eigenvalue weighted by Crippen LogP contribution is 2.13. The smallest absolute Gasteiger partial charge is 0.271 e. The number of carbonyl (C=O) groups is 2. The molecule has 0 saturated carbocycles. The molecule has 2 amide bonds. The van der Waals surface area contributed by atoms with Gasteiger partial charge in [-0.25, -0.2) is 4.68 Å². The lowest BCUT2D eigenvalue weighted by molar-refractivity contribution is -0.123. The number of nitrogens with zero attached hydrogens (tertiary/aromatic N) is 2. The Morgan fingerprint density at radius 2 is 2.13 bits per heavy atom. The van der Waals surface area contributed by atoms with Crippen molar-refractivity contribution >= 4 is 23.4 Å². The molecule has 0 unspecified atom stereocenters. The van der Waals surface area contributed by atoms with Crippen molar-refractivity contribution in [2.45, 2.75) is 25.3 Å². The zero-order chi connectivity index (χ0) is 16.2. The van der Waals surface area contributed by atoms with Gasteiger partial charge in [0.15, 0.2) is 5.69 Å². The van der Waals surface area contributed by atoms with E-state index < -0.39 is 0 Å². The van der Waals surface area contributed by atoms with Crippen LogP contribution < -0.4 is 10.6 Å². The highest BCUT2D eigenvalue weighted by molar-refractivity contribution is 6.30. The zero-order valence-corrected chi connectivity index (χ0v) is 13.2.